The van der Waals surface area contributed by atoms with E-state index in [9.17, 15) is 19.3 Å². The van der Waals surface area contributed by atoms with Gasteiger partial charge in [0, 0.05) is 12.3 Å². The molecule has 2 rings (SSSR count). The number of rotatable bonds is 3. The standard InChI is InChI=1S/C12H8ClFN4O3/c13-10-1-6(5-16-11(10)15)12(19)17-8-2-7(14)3-9(4-8)18(20)21/h1-5H,(H2,15,16)(H,17,19). The van der Waals surface area contributed by atoms with E-state index in [0.717, 1.165) is 18.2 Å². The molecule has 0 saturated carbocycles. The highest BCUT2D eigenvalue weighted by Gasteiger charge is 2.13. The molecule has 1 aromatic carbocycles. The number of amides is 1. The molecule has 1 heterocycles. The highest BCUT2D eigenvalue weighted by atomic mass is 35.5. The predicted octanol–water partition coefficient (Wildman–Crippen LogP) is 2.62. The van der Waals surface area contributed by atoms with E-state index in [1.54, 1.807) is 0 Å². The Hall–Kier alpha value is -2.74. The molecule has 0 radical (unpaired) electrons. The highest BCUT2D eigenvalue weighted by Crippen LogP contribution is 2.21. The molecule has 108 valence electrons. The van der Waals surface area contributed by atoms with Gasteiger partial charge in [-0.1, -0.05) is 11.6 Å². The Morgan fingerprint density at radius 1 is 1.38 bits per heavy atom. The first-order chi connectivity index (χ1) is 9.86. The molecule has 1 aromatic heterocycles. The minimum absolute atomic E-state index is 0.0559. The molecule has 0 fully saturated rings. The van der Waals surface area contributed by atoms with Gasteiger partial charge in [0.1, 0.15) is 11.6 Å². The third kappa shape index (κ3) is 3.42. The number of nitrogens with one attached hydrogen (secondary N) is 1. The minimum atomic E-state index is -0.840. The maximum absolute atomic E-state index is 13.3. The fourth-order valence-corrected chi connectivity index (χ4v) is 1.69. The number of nitrogens with zero attached hydrogens (tertiary/aromatic N) is 2. The molecule has 0 aliphatic rings. The van der Waals surface area contributed by atoms with Crippen molar-refractivity contribution in [1.82, 2.24) is 4.98 Å². The van der Waals surface area contributed by atoms with Gasteiger partial charge < -0.3 is 11.1 Å². The number of pyridine rings is 1. The first-order valence-corrected chi connectivity index (χ1v) is 5.92. The van der Waals surface area contributed by atoms with E-state index < -0.39 is 22.3 Å². The van der Waals surface area contributed by atoms with E-state index in [1.807, 2.05) is 0 Å². The Balaban J connectivity index is 2.27. The molecule has 2 aromatic rings. The number of aromatic nitrogens is 1. The van der Waals surface area contributed by atoms with Crippen LogP contribution in [-0.2, 0) is 0 Å². The molecule has 0 atom stereocenters. The quantitative estimate of drug-likeness (QED) is 0.668. The molecular formula is C12H8ClFN4O3. The largest absolute Gasteiger partial charge is 0.382 e. The van der Waals surface area contributed by atoms with Gasteiger partial charge in [-0.15, -0.1) is 0 Å². The lowest BCUT2D eigenvalue weighted by atomic mass is 10.2. The maximum atomic E-state index is 13.3. The van der Waals surface area contributed by atoms with Crippen LogP contribution < -0.4 is 11.1 Å². The molecule has 0 aliphatic heterocycles. The Kier molecular flexibility index (Phi) is 3.99. The number of anilines is 2. The fraction of sp³-hybridized carbons (Fsp3) is 0. The third-order valence-corrected chi connectivity index (χ3v) is 2.79. The average molecular weight is 311 g/mol. The lowest BCUT2D eigenvalue weighted by Crippen LogP contribution is -2.13. The van der Waals surface area contributed by atoms with Crippen LogP contribution in [0.1, 0.15) is 10.4 Å². The third-order valence-electron chi connectivity index (χ3n) is 2.48. The second-order valence-corrected chi connectivity index (χ2v) is 4.41. The molecule has 0 unspecified atom stereocenters. The zero-order chi connectivity index (χ0) is 15.6. The van der Waals surface area contributed by atoms with Gasteiger partial charge in [-0.25, -0.2) is 9.37 Å². The Labute approximate surface area is 122 Å². The average Bonchev–Trinajstić information content (AvgIpc) is 2.41. The van der Waals surface area contributed by atoms with Crippen molar-refractivity contribution < 1.29 is 14.1 Å². The van der Waals surface area contributed by atoms with E-state index in [-0.39, 0.29) is 22.1 Å². The van der Waals surface area contributed by atoms with Crippen molar-refractivity contribution in [1.29, 1.82) is 0 Å². The van der Waals surface area contributed by atoms with Gasteiger partial charge in [0.05, 0.1) is 27.3 Å². The number of non-ortho nitro benzene ring substituents is 1. The van der Waals surface area contributed by atoms with Crippen molar-refractivity contribution in [2.45, 2.75) is 0 Å². The molecule has 0 saturated heterocycles. The summed E-state index contributed by atoms with van der Waals surface area (Å²) < 4.78 is 13.3. The summed E-state index contributed by atoms with van der Waals surface area (Å²) in [5.41, 5.74) is 4.97. The second-order valence-electron chi connectivity index (χ2n) is 4.00. The monoisotopic (exact) mass is 310 g/mol. The molecule has 0 bridgehead atoms. The Morgan fingerprint density at radius 3 is 2.71 bits per heavy atom. The zero-order valence-corrected chi connectivity index (χ0v) is 11.1. The summed E-state index contributed by atoms with van der Waals surface area (Å²) in [5, 5.41) is 13.0. The van der Waals surface area contributed by atoms with Crippen molar-refractivity contribution >= 4 is 34.7 Å². The van der Waals surface area contributed by atoms with E-state index in [0.29, 0.717) is 0 Å². The van der Waals surface area contributed by atoms with Crippen LogP contribution in [0.15, 0.2) is 30.5 Å². The normalized spacial score (nSPS) is 10.2. The summed E-state index contributed by atoms with van der Waals surface area (Å²) in [6.45, 7) is 0. The molecule has 3 N–H and O–H groups in total. The zero-order valence-electron chi connectivity index (χ0n) is 10.3. The van der Waals surface area contributed by atoms with E-state index in [4.69, 9.17) is 17.3 Å². The van der Waals surface area contributed by atoms with Gasteiger partial charge in [-0.2, -0.15) is 0 Å². The van der Waals surface area contributed by atoms with Crippen LogP contribution in [-0.4, -0.2) is 15.8 Å². The van der Waals surface area contributed by atoms with Crippen LogP contribution in [0, 0.1) is 15.9 Å². The molecule has 0 spiro atoms. The summed E-state index contributed by atoms with van der Waals surface area (Å²) in [7, 11) is 0. The van der Waals surface area contributed by atoms with Crippen molar-refractivity contribution in [2.75, 3.05) is 11.1 Å². The number of nitro groups is 1. The molecule has 21 heavy (non-hydrogen) atoms. The van der Waals surface area contributed by atoms with Crippen molar-refractivity contribution in [3.63, 3.8) is 0 Å². The first kappa shape index (κ1) is 14.7. The van der Waals surface area contributed by atoms with Gasteiger partial charge in [0.2, 0.25) is 0 Å². The van der Waals surface area contributed by atoms with Crippen LogP contribution in [0.3, 0.4) is 0 Å². The van der Waals surface area contributed by atoms with Crippen LogP contribution >= 0.6 is 11.6 Å². The first-order valence-electron chi connectivity index (χ1n) is 5.54. The van der Waals surface area contributed by atoms with Crippen molar-refractivity contribution in [2.24, 2.45) is 0 Å². The number of carbonyl (C=O) groups is 1. The molecular weight excluding hydrogens is 303 g/mol. The van der Waals surface area contributed by atoms with E-state index >= 15 is 0 Å². The van der Waals surface area contributed by atoms with E-state index in [1.165, 1.54) is 12.3 Å². The van der Waals surface area contributed by atoms with Gasteiger partial charge >= 0.3 is 0 Å². The maximum Gasteiger partial charge on any atom is 0.274 e. The van der Waals surface area contributed by atoms with Gasteiger partial charge in [-0.05, 0) is 12.1 Å². The number of nitrogen functional groups attached to an aromatic ring is 1. The Morgan fingerprint density at radius 2 is 2.10 bits per heavy atom. The van der Waals surface area contributed by atoms with E-state index in [2.05, 4.69) is 10.3 Å². The fourth-order valence-electron chi connectivity index (χ4n) is 1.53. The molecule has 9 heteroatoms. The number of halogens is 2. The van der Waals surface area contributed by atoms with Gasteiger partial charge in [-0.3, -0.25) is 14.9 Å². The number of benzene rings is 1. The number of nitro benzene ring substituents is 1. The summed E-state index contributed by atoms with van der Waals surface area (Å²) >= 11 is 5.74. The summed E-state index contributed by atoms with van der Waals surface area (Å²) in [6, 6.07) is 4.02. The topological polar surface area (TPSA) is 111 Å². The van der Waals surface area contributed by atoms with Crippen LogP contribution in [0.25, 0.3) is 0 Å². The second kappa shape index (κ2) is 5.71. The number of hydrogen-bond donors (Lipinski definition) is 2. The summed E-state index contributed by atoms with van der Waals surface area (Å²) in [6.07, 6.45) is 1.18. The number of nitrogens with two attached hydrogens (primary N) is 1. The number of carbonyl (C=O) groups excluding carboxylic acids is 1. The van der Waals surface area contributed by atoms with Crippen LogP contribution in [0.5, 0.6) is 0 Å². The SMILES string of the molecule is Nc1ncc(C(=O)Nc2cc(F)cc([N+](=O)[O-])c2)cc1Cl. The number of hydrogen-bond acceptors (Lipinski definition) is 5. The van der Waals surface area contributed by atoms with Crippen LogP contribution in [0.4, 0.5) is 21.6 Å². The molecule has 7 nitrogen and oxygen atoms in total. The summed E-state index contributed by atoms with van der Waals surface area (Å²) in [5.74, 6) is -1.42. The summed E-state index contributed by atoms with van der Waals surface area (Å²) in [4.78, 5) is 25.5. The Bertz CT molecular complexity index is 738. The van der Waals surface area contributed by atoms with Gasteiger partial charge in [0.15, 0.2) is 0 Å². The highest BCUT2D eigenvalue weighted by molar-refractivity contribution is 6.33. The lowest BCUT2D eigenvalue weighted by Gasteiger charge is -2.06. The lowest BCUT2D eigenvalue weighted by molar-refractivity contribution is -0.385. The molecule has 0 aliphatic carbocycles. The predicted molar refractivity (Wildman–Crippen MR) is 74.7 cm³/mol. The van der Waals surface area contributed by atoms with Crippen molar-refractivity contribution in [3.05, 3.63) is 57.0 Å². The van der Waals surface area contributed by atoms with Crippen molar-refractivity contribution in [3.8, 4) is 0 Å². The molecule has 1 amide bonds. The van der Waals surface area contributed by atoms with Crippen LogP contribution in [0.2, 0.25) is 5.02 Å². The minimum Gasteiger partial charge on any atom is -0.382 e. The van der Waals surface area contributed by atoms with Gasteiger partial charge in [0.25, 0.3) is 11.6 Å². The smallest absolute Gasteiger partial charge is 0.274 e.